The maximum absolute atomic E-state index is 12.6. The van der Waals surface area contributed by atoms with Gasteiger partial charge in [-0.15, -0.1) is 0 Å². The summed E-state index contributed by atoms with van der Waals surface area (Å²) in [6, 6.07) is 15.3. The largest absolute Gasteiger partial charge is 0.327 e. The van der Waals surface area contributed by atoms with Crippen molar-refractivity contribution in [3.8, 4) is 0 Å². The number of likely N-dealkylation sites (tertiary alicyclic amines) is 1. The maximum Gasteiger partial charge on any atom is 0.327 e. The number of β-lactam (4-membered cyclic amide) rings is 1. The van der Waals surface area contributed by atoms with Gasteiger partial charge in [-0.05, 0) is 17.5 Å². The second-order valence-corrected chi connectivity index (χ2v) is 6.37. The van der Waals surface area contributed by atoms with E-state index in [1.165, 1.54) is 21.9 Å². The van der Waals surface area contributed by atoms with E-state index < -0.39 is 4.92 Å². The zero-order chi connectivity index (χ0) is 18.7. The van der Waals surface area contributed by atoms with Crippen LogP contribution in [0.25, 0.3) is 0 Å². The highest BCUT2D eigenvalue weighted by Gasteiger charge is 2.41. The molecule has 0 saturated carbocycles. The van der Waals surface area contributed by atoms with Crippen LogP contribution in [-0.2, 0) is 17.8 Å². The van der Waals surface area contributed by atoms with E-state index in [9.17, 15) is 19.7 Å². The van der Waals surface area contributed by atoms with Gasteiger partial charge in [-0.1, -0.05) is 42.5 Å². The van der Waals surface area contributed by atoms with Crippen molar-refractivity contribution in [2.75, 3.05) is 7.05 Å². The first kappa shape index (κ1) is 17.6. The zero-order valence-corrected chi connectivity index (χ0v) is 14.4. The molecule has 0 radical (unpaired) electrons. The van der Waals surface area contributed by atoms with Crippen LogP contribution in [0.3, 0.4) is 0 Å². The Balaban J connectivity index is 1.63. The summed E-state index contributed by atoms with van der Waals surface area (Å²) in [4.78, 5) is 37.6. The number of urea groups is 1. The molecular weight excluding hydrogens is 334 g/mol. The number of non-ortho nitro benzene ring substituents is 1. The predicted octanol–water partition coefficient (Wildman–Crippen LogP) is 2.99. The van der Waals surface area contributed by atoms with Gasteiger partial charge in [0.2, 0.25) is 5.91 Å². The van der Waals surface area contributed by atoms with Gasteiger partial charge < -0.3 is 4.90 Å². The monoisotopic (exact) mass is 353 g/mol. The van der Waals surface area contributed by atoms with Crippen LogP contribution in [0.4, 0.5) is 10.5 Å². The molecular formula is C19H19N3O4. The Kier molecular flexibility index (Phi) is 4.97. The number of benzene rings is 2. The fraction of sp³-hybridized carbons (Fsp3) is 0.263. The molecule has 7 heteroatoms. The van der Waals surface area contributed by atoms with E-state index in [0.717, 1.165) is 11.1 Å². The van der Waals surface area contributed by atoms with Gasteiger partial charge in [0.05, 0.1) is 11.0 Å². The van der Waals surface area contributed by atoms with Gasteiger partial charge in [0.25, 0.3) is 5.69 Å². The van der Waals surface area contributed by atoms with Crippen LogP contribution in [0, 0.1) is 10.1 Å². The molecule has 2 aromatic rings. The van der Waals surface area contributed by atoms with E-state index in [2.05, 4.69) is 0 Å². The number of carbonyl (C=O) groups excluding carboxylic acids is 2. The number of nitro groups is 1. The first-order chi connectivity index (χ1) is 12.5. The summed E-state index contributed by atoms with van der Waals surface area (Å²) in [7, 11) is 1.62. The molecule has 3 rings (SSSR count). The van der Waals surface area contributed by atoms with Crippen molar-refractivity contribution in [3.63, 3.8) is 0 Å². The lowest BCUT2D eigenvalue weighted by Crippen LogP contribution is -2.59. The highest BCUT2D eigenvalue weighted by Crippen LogP contribution is 2.25. The average molecular weight is 353 g/mol. The second-order valence-electron chi connectivity index (χ2n) is 6.37. The standard InChI is InChI=1S/C19H19N3O4/c1-20(13-15-7-9-16(10-8-15)22(25)26)19(24)21-17(12-18(21)23)11-14-5-3-2-4-6-14/h2-10,17H,11-13H2,1H3/t17-/m1/s1. The highest BCUT2D eigenvalue weighted by molar-refractivity contribution is 5.99. The second kappa shape index (κ2) is 7.35. The molecule has 3 amide bonds. The van der Waals surface area contributed by atoms with Gasteiger partial charge in [0.15, 0.2) is 0 Å². The molecule has 2 aromatic carbocycles. The first-order valence-electron chi connectivity index (χ1n) is 8.30. The van der Waals surface area contributed by atoms with Crippen molar-refractivity contribution in [1.82, 2.24) is 9.80 Å². The van der Waals surface area contributed by atoms with Gasteiger partial charge in [0.1, 0.15) is 0 Å². The smallest absolute Gasteiger partial charge is 0.323 e. The van der Waals surface area contributed by atoms with Crippen LogP contribution in [0.5, 0.6) is 0 Å². The molecule has 0 N–H and O–H groups in total. The van der Waals surface area contributed by atoms with Gasteiger partial charge in [0, 0.05) is 32.1 Å². The summed E-state index contributed by atoms with van der Waals surface area (Å²) in [6.07, 6.45) is 1.01. The van der Waals surface area contributed by atoms with Crippen LogP contribution in [-0.4, -0.2) is 39.8 Å². The number of rotatable bonds is 5. The molecule has 1 saturated heterocycles. The molecule has 0 aliphatic carbocycles. The Morgan fingerprint density at radius 3 is 2.38 bits per heavy atom. The summed E-state index contributed by atoms with van der Waals surface area (Å²) in [5.41, 5.74) is 1.85. The number of hydrogen-bond acceptors (Lipinski definition) is 4. The molecule has 1 aliphatic rings. The third-order valence-electron chi connectivity index (χ3n) is 4.46. The topological polar surface area (TPSA) is 83.8 Å². The number of amides is 3. The fourth-order valence-electron chi connectivity index (χ4n) is 3.04. The van der Waals surface area contributed by atoms with Crippen molar-refractivity contribution in [3.05, 3.63) is 75.8 Å². The van der Waals surface area contributed by atoms with Crippen molar-refractivity contribution in [2.24, 2.45) is 0 Å². The highest BCUT2D eigenvalue weighted by atomic mass is 16.6. The molecule has 0 aromatic heterocycles. The first-order valence-corrected chi connectivity index (χ1v) is 8.30. The minimum absolute atomic E-state index is 0.00331. The van der Waals surface area contributed by atoms with Crippen LogP contribution < -0.4 is 0 Å². The minimum Gasteiger partial charge on any atom is -0.323 e. The van der Waals surface area contributed by atoms with Crippen molar-refractivity contribution >= 4 is 17.6 Å². The number of carbonyl (C=O) groups is 2. The summed E-state index contributed by atoms with van der Waals surface area (Å²) >= 11 is 0. The number of nitrogens with zero attached hydrogens (tertiary/aromatic N) is 3. The summed E-state index contributed by atoms with van der Waals surface area (Å²) in [5.74, 6) is -0.175. The molecule has 0 unspecified atom stereocenters. The lowest BCUT2D eigenvalue weighted by Gasteiger charge is -2.40. The van der Waals surface area contributed by atoms with E-state index in [1.807, 2.05) is 30.3 Å². The molecule has 0 spiro atoms. The molecule has 26 heavy (non-hydrogen) atoms. The molecule has 7 nitrogen and oxygen atoms in total. The minimum atomic E-state index is -0.467. The maximum atomic E-state index is 12.6. The van der Waals surface area contributed by atoms with Gasteiger partial charge in [-0.2, -0.15) is 0 Å². The van der Waals surface area contributed by atoms with Crippen molar-refractivity contribution in [1.29, 1.82) is 0 Å². The molecule has 1 heterocycles. The molecule has 1 atom stereocenters. The van der Waals surface area contributed by atoms with Crippen LogP contribution in [0.2, 0.25) is 0 Å². The molecule has 0 bridgehead atoms. The quantitative estimate of drug-likeness (QED) is 0.470. The fourth-order valence-corrected chi connectivity index (χ4v) is 3.04. The van der Waals surface area contributed by atoms with E-state index >= 15 is 0 Å². The van der Waals surface area contributed by atoms with E-state index in [1.54, 1.807) is 19.2 Å². The molecule has 1 fully saturated rings. The summed E-state index contributed by atoms with van der Waals surface area (Å²) < 4.78 is 0. The lowest BCUT2D eigenvalue weighted by molar-refractivity contribution is -0.384. The average Bonchev–Trinajstić information content (AvgIpc) is 2.62. The third-order valence-corrected chi connectivity index (χ3v) is 4.46. The van der Waals surface area contributed by atoms with Crippen LogP contribution in [0.15, 0.2) is 54.6 Å². The Bertz CT molecular complexity index is 820. The van der Waals surface area contributed by atoms with E-state index in [4.69, 9.17) is 0 Å². The van der Waals surface area contributed by atoms with Crippen molar-refractivity contribution < 1.29 is 14.5 Å². The Morgan fingerprint density at radius 2 is 1.81 bits per heavy atom. The van der Waals surface area contributed by atoms with Gasteiger partial charge in [-0.3, -0.25) is 19.8 Å². The van der Waals surface area contributed by atoms with Crippen molar-refractivity contribution in [2.45, 2.75) is 25.4 Å². The van der Waals surface area contributed by atoms with E-state index in [-0.39, 0.29) is 30.2 Å². The zero-order valence-electron chi connectivity index (χ0n) is 14.4. The Hall–Kier alpha value is -3.22. The summed E-state index contributed by atoms with van der Waals surface area (Å²) in [6.45, 7) is 0.276. The van der Waals surface area contributed by atoms with E-state index in [0.29, 0.717) is 12.8 Å². The Morgan fingerprint density at radius 1 is 1.15 bits per heavy atom. The number of imide groups is 1. The number of hydrogen-bond donors (Lipinski definition) is 0. The van der Waals surface area contributed by atoms with Crippen LogP contribution in [0.1, 0.15) is 17.5 Å². The lowest BCUT2D eigenvalue weighted by atomic mass is 9.95. The number of nitro benzene ring substituents is 1. The summed E-state index contributed by atoms with van der Waals surface area (Å²) in [5, 5.41) is 10.7. The van der Waals surface area contributed by atoms with Crippen LogP contribution >= 0.6 is 0 Å². The normalized spacial score (nSPS) is 16.1. The van der Waals surface area contributed by atoms with Gasteiger partial charge >= 0.3 is 6.03 Å². The molecule has 1 aliphatic heterocycles. The molecule has 134 valence electrons. The SMILES string of the molecule is CN(Cc1ccc([N+](=O)[O-])cc1)C(=O)N1C(=O)C[C@H]1Cc1ccccc1. The predicted molar refractivity (Wildman–Crippen MR) is 95.4 cm³/mol. The van der Waals surface area contributed by atoms with Gasteiger partial charge in [-0.25, -0.2) is 4.79 Å². The third kappa shape index (κ3) is 3.72. The Labute approximate surface area is 151 Å².